The standard InChI is InChI=1S/C31H35F3N4O4S/c1-20(39)27(19-42-23-12-10-21(11-13-23)31(32,33)34)35-16-14-28(40)37-17-15-26-25(18-37)29(41)38(22-6-3-2-4-7-22)30(36-26)43-24-8-5-9-24/h2-4,6-7,10-13,20,24,27,35,39H,5,8-9,14-19H2,1H3/t20-,27-/m0/s1. The first kappa shape index (κ1) is 31.1. The van der Waals surface area contributed by atoms with Crippen molar-refractivity contribution < 1.29 is 27.8 Å². The van der Waals surface area contributed by atoms with E-state index in [1.165, 1.54) is 18.6 Å². The molecule has 2 aliphatic rings. The van der Waals surface area contributed by atoms with E-state index in [1.807, 2.05) is 30.3 Å². The molecule has 12 heteroatoms. The number of ether oxygens (including phenoxy) is 1. The molecule has 2 heterocycles. The van der Waals surface area contributed by atoms with Gasteiger partial charge in [-0.15, -0.1) is 0 Å². The van der Waals surface area contributed by atoms with Gasteiger partial charge in [-0.2, -0.15) is 13.2 Å². The number of amides is 1. The van der Waals surface area contributed by atoms with Gasteiger partial charge in [0, 0.05) is 31.2 Å². The highest BCUT2D eigenvalue weighted by atomic mass is 32.2. The number of nitrogens with zero attached hydrogens (tertiary/aromatic N) is 3. The maximum atomic E-state index is 13.8. The van der Waals surface area contributed by atoms with Gasteiger partial charge in [0.15, 0.2) is 5.16 Å². The summed E-state index contributed by atoms with van der Waals surface area (Å²) in [4.78, 5) is 33.5. The number of nitrogens with one attached hydrogen (secondary N) is 1. The lowest BCUT2D eigenvalue weighted by atomic mass is 10.0. The third kappa shape index (κ3) is 7.60. The van der Waals surface area contributed by atoms with Crippen molar-refractivity contribution in [3.05, 3.63) is 81.8 Å². The Kier molecular flexibility index (Phi) is 9.78. The number of aliphatic hydroxyl groups is 1. The van der Waals surface area contributed by atoms with Crippen LogP contribution in [0.1, 0.15) is 49.4 Å². The molecule has 3 aromatic rings. The van der Waals surface area contributed by atoms with Crippen molar-refractivity contribution in [2.24, 2.45) is 0 Å². The Hall–Kier alpha value is -3.35. The summed E-state index contributed by atoms with van der Waals surface area (Å²) in [6.45, 7) is 2.45. The number of rotatable bonds is 11. The summed E-state index contributed by atoms with van der Waals surface area (Å²) in [7, 11) is 0. The van der Waals surface area contributed by atoms with E-state index in [1.54, 1.807) is 28.2 Å². The highest BCUT2D eigenvalue weighted by Crippen LogP contribution is 2.36. The minimum absolute atomic E-state index is 0.000209. The molecule has 0 saturated heterocycles. The van der Waals surface area contributed by atoms with E-state index in [-0.39, 0.29) is 43.3 Å². The van der Waals surface area contributed by atoms with Crippen molar-refractivity contribution in [1.82, 2.24) is 19.8 Å². The molecule has 2 atom stereocenters. The Morgan fingerprint density at radius 1 is 1.16 bits per heavy atom. The molecule has 1 aliphatic heterocycles. The van der Waals surface area contributed by atoms with Crippen molar-refractivity contribution in [1.29, 1.82) is 0 Å². The summed E-state index contributed by atoms with van der Waals surface area (Å²) >= 11 is 1.65. The fourth-order valence-corrected chi connectivity index (χ4v) is 6.33. The van der Waals surface area contributed by atoms with Crippen molar-refractivity contribution in [2.45, 2.75) is 74.3 Å². The molecule has 8 nitrogen and oxygen atoms in total. The van der Waals surface area contributed by atoms with E-state index < -0.39 is 23.9 Å². The van der Waals surface area contributed by atoms with Crippen LogP contribution in [0, 0.1) is 0 Å². The van der Waals surface area contributed by atoms with Crippen molar-refractivity contribution in [2.75, 3.05) is 19.7 Å². The average Bonchev–Trinajstić information content (AvgIpc) is 2.96. The number of para-hydroxylation sites is 1. The van der Waals surface area contributed by atoms with E-state index in [0.717, 1.165) is 36.4 Å². The maximum Gasteiger partial charge on any atom is 0.416 e. The number of carbonyl (C=O) groups excluding carboxylic acids is 1. The van der Waals surface area contributed by atoms with Crippen molar-refractivity contribution in [3.8, 4) is 11.4 Å². The van der Waals surface area contributed by atoms with Crippen LogP contribution in [-0.4, -0.2) is 62.6 Å². The molecular weight excluding hydrogens is 581 g/mol. The summed E-state index contributed by atoms with van der Waals surface area (Å²) in [5, 5.41) is 14.4. The second-order valence-electron chi connectivity index (χ2n) is 10.9. The predicted molar refractivity (Wildman–Crippen MR) is 157 cm³/mol. The zero-order valence-electron chi connectivity index (χ0n) is 23.8. The summed E-state index contributed by atoms with van der Waals surface area (Å²) < 4.78 is 45.6. The smallest absolute Gasteiger partial charge is 0.416 e. The molecule has 2 N–H and O–H groups in total. The second-order valence-corrected chi connectivity index (χ2v) is 12.2. The molecule has 0 bridgehead atoms. The van der Waals surface area contributed by atoms with E-state index >= 15 is 0 Å². The lowest BCUT2D eigenvalue weighted by Gasteiger charge is -2.30. The Bertz CT molecular complexity index is 1460. The fourth-order valence-electron chi connectivity index (χ4n) is 5.01. The normalized spacial score (nSPS) is 16.7. The van der Waals surface area contributed by atoms with Gasteiger partial charge < -0.3 is 20.1 Å². The van der Waals surface area contributed by atoms with Gasteiger partial charge in [-0.25, -0.2) is 4.98 Å². The summed E-state index contributed by atoms with van der Waals surface area (Å²) in [6.07, 6.45) is -1.23. The molecule has 5 rings (SSSR count). The highest BCUT2D eigenvalue weighted by Gasteiger charge is 2.31. The number of fused-ring (bicyclic) bond motifs is 1. The molecule has 2 aromatic carbocycles. The fraction of sp³-hybridized carbons (Fsp3) is 0.452. The molecule has 0 radical (unpaired) electrons. The Balaban J connectivity index is 1.20. The minimum Gasteiger partial charge on any atom is -0.492 e. The number of thioether (sulfide) groups is 1. The largest absolute Gasteiger partial charge is 0.492 e. The number of halogens is 3. The van der Waals surface area contributed by atoms with Crippen LogP contribution in [-0.2, 0) is 23.9 Å². The van der Waals surface area contributed by atoms with Crippen LogP contribution in [0.15, 0.2) is 64.5 Å². The van der Waals surface area contributed by atoms with E-state index in [9.17, 15) is 27.9 Å². The third-order valence-corrected chi connectivity index (χ3v) is 9.12. The second kappa shape index (κ2) is 13.5. The number of carbonyl (C=O) groups is 1. The molecular formula is C31H35F3N4O4S. The first-order chi connectivity index (χ1) is 20.6. The summed E-state index contributed by atoms with van der Waals surface area (Å²) in [5.41, 5.74) is 1.10. The van der Waals surface area contributed by atoms with Gasteiger partial charge in [0.25, 0.3) is 5.56 Å². The van der Waals surface area contributed by atoms with Crippen LogP contribution in [0.2, 0.25) is 0 Å². The zero-order valence-corrected chi connectivity index (χ0v) is 24.7. The predicted octanol–water partition coefficient (Wildman–Crippen LogP) is 4.59. The molecule has 0 spiro atoms. The molecule has 1 aliphatic carbocycles. The molecule has 1 amide bonds. The van der Waals surface area contributed by atoms with Crippen LogP contribution in [0.5, 0.6) is 5.75 Å². The monoisotopic (exact) mass is 616 g/mol. The molecule has 0 unspecified atom stereocenters. The summed E-state index contributed by atoms with van der Waals surface area (Å²) in [5.74, 6) is 0.109. The van der Waals surface area contributed by atoms with Gasteiger partial charge in [-0.05, 0) is 56.2 Å². The SMILES string of the molecule is C[C@H](O)[C@H](COc1ccc(C(F)(F)F)cc1)NCCC(=O)N1CCc2nc(SC3CCC3)n(-c3ccccc3)c(=O)c2C1. The van der Waals surface area contributed by atoms with Gasteiger partial charge in [0.05, 0.1) is 41.2 Å². The van der Waals surface area contributed by atoms with Gasteiger partial charge >= 0.3 is 6.18 Å². The first-order valence-electron chi connectivity index (χ1n) is 14.5. The van der Waals surface area contributed by atoms with E-state index in [4.69, 9.17) is 9.72 Å². The molecule has 1 aromatic heterocycles. The number of aromatic nitrogens is 2. The van der Waals surface area contributed by atoms with E-state index in [0.29, 0.717) is 28.9 Å². The van der Waals surface area contributed by atoms with Crippen LogP contribution >= 0.6 is 11.8 Å². The molecule has 43 heavy (non-hydrogen) atoms. The number of hydrogen-bond donors (Lipinski definition) is 2. The number of hydrogen-bond acceptors (Lipinski definition) is 7. The van der Waals surface area contributed by atoms with Crippen LogP contribution in [0.4, 0.5) is 13.2 Å². The quantitative estimate of drug-likeness (QED) is 0.305. The number of alkyl halides is 3. The molecule has 1 fully saturated rings. The number of aliphatic hydroxyl groups excluding tert-OH is 1. The van der Waals surface area contributed by atoms with Gasteiger partial charge in [-0.3, -0.25) is 14.2 Å². The highest BCUT2D eigenvalue weighted by molar-refractivity contribution is 7.99. The van der Waals surface area contributed by atoms with Crippen molar-refractivity contribution >= 4 is 17.7 Å². The van der Waals surface area contributed by atoms with Crippen LogP contribution in [0.25, 0.3) is 5.69 Å². The molecule has 1 saturated carbocycles. The Labute approximate surface area is 252 Å². The first-order valence-corrected chi connectivity index (χ1v) is 15.3. The number of benzene rings is 2. The lowest BCUT2D eigenvalue weighted by molar-refractivity contribution is -0.137. The van der Waals surface area contributed by atoms with Crippen molar-refractivity contribution in [3.63, 3.8) is 0 Å². The Morgan fingerprint density at radius 3 is 2.51 bits per heavy atom. The average molecular weight is 617 g/mol. The Morgan fingerprint density at radius 2 is 1.88 bits per heavy atom. The molecule has 230 valence electrons. The third-order valence-electron chi connectivity index (χ3n) is 7.83. The zero-order chi connectivity index (χ0) is 30.6. The maximum absolute atomic E-state index is 13.8. The van der Waals surface area contributed by atoms with Gasteiger partial charge in [0.2, 0.25) is 5.91 Å². The summed E-state index contributed by atoms with van der Waals surface area (Å²) in [6, 6.07) is 13.2. The van der Waals surface area contributed by atoms with Crippen LogP contribution in [0.3, 0.4) is 0 Å². The van der Waals surface area contributed by atoms with Gasteiger partial charge in [-0.1, -0.05) is 36.4 Å². The van der Waals surface area contributed by atoms with Gasteiger partial charge in [0.1, 0.15) is 12.4 Å². The lowest BCUT2D eigenvalue weighted by Crippen LogP contribution is -2.45. The van der Waals surface area contributed by atoms with E-state index in [2.05, 4.69) is 5.32 Å². The topological polar surface area (TPSA) is 96.7 Å². The minimum atomic E-state index is -4.43. The van der Waals surface area contributed by atoms with Crippen LogP contribution < -0.4 is 15.6 Å².